The van der Waals surface area contributed by atoms with E-state index in [4.69, 9.17) is 0 Å². The summed E-state index contributed by atoms with van der Waals surface area (Å²) in [6, 6.07) is 10.6. The number of hydrogen-bond acceptors (Lipinski definition) is 6. The molecule has 0 saturated heterocycles. The van der Waals surface area contributed by atoms with Crippen LogP contribution in [-0.4, -0.2) is 34.6 Å². The number of benzene rings is 2. The summed E-state index contributed by atoms with van der Waals surface area (Å²) in [5.74, 6) is -0.992. The Morgan fingerprint density at radius 3 is 2.00 bits per heavy atom. The number of methoxy groups -OCH3 is 2. The fraction of sp³-hybridized carbons (Fsp3) is 0.222. The summed E-state index contributed by atoms with van der Waals surface area (Å²) in [4.78, 5) is 23.0. The molecule has 0 unspecified atom stereocenters. The molecule has 26 heavy (non-hydrogen) atoms. The third kappa shape index (κ3) is 4.47. The number of nitrogens with one attached hydrogen (secondary N) is 1. The molecule has 2 aromatic rings. The van der Waals surface area contributed by atoms with Crippen LogP contribution in [0, 0.1) is 6.92 Å². The lowest BCUT2D eigenvalue weighted by Gasteiger charge is -2.11. The van der Waals surface area contributed by atoms with Crippen LogP contribution in [0.1, 0.15) is 31.8 Å². The van der Waals surface area contributed by atoms with Gasteiger partial charge in [-0.25, -0.2) is 22.7 Å². The molecule has 2 aromatic carbocycles. The summed E-state index contributed by atoms with van der Waals surface area (Å²) in [6.07, 6.45) is 0. The number of aryl methyl sites for hydroxylation is 1. The molecule has 0 amide bonds. The lowest BCUT2D eigenvalue weighted by molar-refractivity contribution is 0.0591. The fourth-order valence-corrected chi connectivity index (χ4v) is 3.57. The minimum absolute atomic E-state index is 0.0575. The van der Waals surface area contributed by atoms with Gasteiger partial charge in [0.15, 0.2) is 0 Å². The van der Waals surface area contributed by atoms with Crippen molar-refractivity contribution in [1.29, 1.82) is 0 Å². The van der Waals surface area contributed by atoms with Crippen molar-refractivity contribution in [2.45, 2.75) is 18.4 Å². The number of rotatable bonds is 6. The van der Waals surface area contributed by atoms with Crippen molar-refractivity contribution in [3.05, 3.63) is 64.7 Å². The van der Waals surface area contributed by atoms with Gasteiger partial charge in [0.25, 0.3) is 0 Å². The molecule has 1 N–H and O–H groups in total. The van der Waals surface area contributed by atoms with Gasteiger partial charge >= 0.3 is 11.9 Å². The first kappa shape index (κ1) is 19.6. The third-order valence-corrected chi connectivity index (χ3v) is 5.29. The smallest absolute Gasteiger partial charge is 0.337 e. The molecule has 0 heterocycles. The molecule has 8 heteroatoms. The Morgan fingerprint density at radius 2 is 1.46 bits per heavy atom. The van der Waals surface area contributed by atoms with Gasteiger partial charge in [-0.05, 0) is 48.4 Å². The predicted molar refractivity (Wildman–Crippen MR) is 94.3 cm³/mol. The van der Waals surface area contributed by atoms with Gasteiger partial charge in [-0.15, -0.1) is 0 Å². The lowest BCUT2D eigenvalue weighted by Crippen LogP contribution is -2.24. The standard InChI is InChI=1S/C18H19NO6S/c1-12-10-15(18(21)25-3)8-9-16(12)26(22,23)19-11-13-4-6-14(7-5-13)17(20)24-2/h4-10,19H,11H2,1-3H3. The Labute approximate surface area is 152 Å². The van der Waals surface area contributed by atoms with Gasteiger partial charge in [-0.3, -0.25) is 0 Å². The van der Waals surface area contributed by atoms with Crippen molar-refractivity contribution in [2.24, 2.45) is 0 Å². The number of ether oxygens (including phenoxy) is 2. The van der Waals surface area contributed by atoms with Crippen molar-refractivity contribution in [3.63, 3.8) is 0 Å². The van der Waals surface area contributed by atoms with Crippen LogP contribution in [0.4, 0.5) is 0 Å². The Balaban J connectivity index is 2.14. The monoisotopic (exact) mass is 377 g/mol. The number of carbonyl (C=O) groups is 2. The van der Waals surface area contributed by atoms with E-state index in [0.717, 1.165) is 0 Å². The van der Waals surface area contributed by atoms with Crippen LogP contribution in [0.15, 0.2) is 47.4 Å². The maximum atomic E-state index is 12.5. The molecule has 0 fully saturated rings. The Morgan fingerprint density at radius 1 is 0.923 bits per heavy atom. The SMILES string of the molecule is COC(=O)c1ccc(CNS(=O)(=O)c2ccc(C(=O)OC)cc2C)cc1. The number of sulfonamides is 1. The zero-order valence-corrected chi connectivity index (χ0v) is 15.4. The van der Waals surface area contributed by atoms with Crippen molar-refractivity contribution in [1.82, 2.24) is 4.72 Å². The number of carbonyl (C=O) groups excluding carboxylic acids is 2. The first-order valence-electron chi connectivity index (χ1n) is 7.64. The molecular formula is C18H19NO6S. The van der Waals surface area contributed by atoms with E-state index in [1.165, 1.54) is 32.4 Å². The van der Waals surface area contributed by atoms with Crippen LogP contribution in [-0.2, 0) is 26.0 Å². The van der Waals surface area contributed by atoms with Gasteiger partial charge in [0.2, 0.25) is 10.0 Å². The Hall–Kier alpha value is -2.71. The van der Waals surface area contributed by atoms with E-state index >= 15 is 0 Å². The largest absolute Gasteiger partial charge is 0.465 e. The topological polar surface area (TPSA) is 98.8 Å². The summed E-state index contributed by atoms with van der Waals surface area (Å²) in [5.41, 5.74) is 1.78. The maximum Gasteiger partial charge on any atom is 0.337 e. The molecule has 2 rings (SSSR count). The van der Waals surface area contributed by atoms with Gasteiger partial charge in [-0.2, -0.15) is 0 Å². The summed E-state index contributed by atoms with van der Waals surface area (Å²) >= 11 is 0. The van der Waals surface area contributed by atoms with Crippen molar-refractivity contribution in [2.75, 3.05) is 14.2 Å². The average Bonchev–Trinajstić information content (AvgIpc) is 2.65. The van der Waals surface area contributed by atoms with Crippen LogP contribution in [0.2, 0.25) is 0 Å². The molecular weight excluding hydrogens is 358 g/mol. The minimum atomic E-state index is -3.76. The van der Waals surface area contributed by atoms with E-state index in [1.54, 1.807) is 31.2 Å². The van der Waals surface area contributed by atoms with Crippen LogP contribution in [0.3, 0.4) is 0 Å². The zero-order valence-electron chi connectivity index (χ0n) is 14.6. The van der Waals surface area contributed by atoms with Crippen molar-refractivity contribution in [3.8, 4) is 0 Å². The first-order chi connectivity index (χ1) is 12.3. The van der Waals surface area contributed by atoms with Crippen LogP contribution in [0.5, 0.6) is 0 Å². The van der Waals surface area contributed by atoms with Crippen LogP contribution >= 0.6 is 0 Å². The van der Waals surface area contributed by atoms with E-state index in [2.05, 4.69) is 14.2 Å². The second kappa shape index (κ2) is 8.11. The highest BCUT2D eigenvalue weighted by Gasteiger charge is 2.18. The first-order valence-corrected chi connectivity index (χ1v) is 9.12. The van der Waals surface area contributed by atoms with Crippen molar-refractivity contribution < 1.29 is 27.5 Å². The molecule has 0 saturated carbocycles. The molecule has 0 aliphatic carbocycles. The lowest BCUT2D eigenvalue weighted by atomic mass is 10.1. The quantitative estimate of drug-likeness (QED) is 0.774. The molecule has 0 atom stereocenters. The van der Waals surface area contributed by atoms with E-state index in [9.17, 15) is 18.0 Å². The summed E-state index contributed by atoms with van der Waals surface area (Å²) in [7, 11) is -1.21. The highest BCUT2D eigenvalue weighted by molar-refractivity contribution is 7.89. The van der Waals surface area contributed by atoms with Gasteiger partial charge in [0.1, 0.15) is 0 Å². The number of esters is 2. The van der Waals surface area contributed by atoms with Gasteiger partial charge in [0.05, 0.1) is 30.2 Å². The van der Waals surface area contributed by atoms with Crippen LogP contribution < -0.4 is 4.72 Å². The van der Waals surface area contributed by atoms with Crippen molar-refractivity contribution >= 4 is 22.0 Å². The zero-order chi connectivity index (χ0) is 19.3. The highest BCUT2D eigenvalue weighted by Crippen LogP contribution is 2.18. The molecule has 138 valence electrons. The number of hydrogen-bond donors (Lipinski definition) is 1. The molecule has 0 radical (unpaired) electrons. The Bertz CT molecular complexity index is 919. The molecule has 0 aliphatic heterocycles. The normalized spacial score (nSPS) is 11.0. The van der Waals surface area contributed by atoms with Gasteiger partial charge in [-0.1, -0.05) is 12.1 Å². The van der Waals surface area contributed by atoms with Gasteiger partial charge < -0.3 is 9.47 Å². The summed E-state index contributed by atoms with van der Waals surface area (Å²) in [5, 5.41) is 0. The second-order valence-corrected chi connectivity index (χ2v) is 7.22. The molecule has 0 spiro atoms. The van der Waals surface area contributed by atoms with E-state index in [1.807, 2.05) is 0 Å². The maximum absolute atomic E-state index is 12.5. The fourth-order valence-electron chi connectivity index (χ4n) is 2.33. The third-order valence-electron chi connectivity index (χ3n) is 3.73. The summed E-state index contributed by atoms with van der Waals surface area (Å²) < 4.78 is 36.7. The van der Waals surface area contributed by atoms with Gasteiger partial charge in [0, 0.05) is 6.54 Å². The highest BCUT2D eigenvalue weighted by atomic mass is 32.2. The molecule has 7 nitrogen and oxygen atoms in total. The molecule has 0 aliphatic rings. The molecule has 0 bridgehead atoms. The summed E-state index contributed by atoms with van der Waals surface area (Å²) in [6.45, 7) is 1.66. The van der Waals surface area contributed by atoms with E-state index in [0.29, 0.717) is 16.7 Å². The minimum Gasteiger partial charge on any atom is -0.465 e. The average molecular weight is 377 g/mol. The van der Waals surface area contributed by atoms with E-state index < -0.39 is 22.0 Å². The Kier molecular flexibility index (Phi) is 6.12. The predicted octanol–water partition coefficient (Wildman–Crippen LogP) is 2.05. The van der Waals surface area contributed by atoms with E-state index in [-0.39, 0.29) is 17.0 Å². The second-order valence-electron chi connectivity index (χ2n) is 5.48. The van der Waals surface area contributed by atoms with Crippen LogP contribution in [0.25, 0.3) is 0 Å². The molecule has 0 aromatic heterocycles.